The molecule has 2 N–H and O–H groups in total. The van der Waals surface area contributed by atoms with E-state index in [4.69, 9.17) is 14.9 Å². The third-order valence-electron chi connectivity index (χ3n) is 3.97. The van der Waals surface area contributed by atoms with Gasteiger partial charge in [0.2, 0.25) is 0 Å². The van der Waals surface area contributed by atoms with Crippen molar-refractivity contribution in [2.24, 2.45) is 5.10 Å². The Hall–Kier alpha value is -3.94. The molecule has 28 heavy (non-hydrogen) atoms. The standard InChI is InChI=1S/C20H16N2O6/c1-12-17(10-13-2-8-16(9-3-13)28-11-18(23)24)19(25)22(21-12)15-6-4-14(5-7-15)20(26)27/h2-10H,11H2,1H3,(H,23,24)(H,26,27)/b17-10+. The SMILES string of the molecule is CC1=NN(c2ccc(C(=O)O)cc2)C(=O)/C1=C/c1ccc(OCC(=O)O)cc1. The van der Waals surface area contributed by atoms with Crippen LogP contribution < -0.4 is 9.75 Å². The maximum atomic E-state index is 12.7. The quantitative estimate of drug-likeness (QED) is 0.744. The number of nitrogens with zero attached hydrogens (tertiary/aromatic N) is 2. The Morgan fingerprint density at radius 3 is 2.29 bits per heavy atom. The number of hydrogen-bond donors (Lipinski definition) is 2. The minimum absolute atomic E-state index is 0.122. The Morgan fingerprint density at radius 1 is 1.07 bits per heavy atom. The predicted molar refractivity (Wildman–Crippen MR) is 102 cm³/mol. The van der Waals surface area contributed by atoms with Gasteiger partial charge in [-0.2, -0.15) is 10.1 Å². The summed E-state index contributed by atoms with van der Waals surface area (Å²) in [6.07, 6.45) is 1.67. The summed E-state index contributed by atoms with van der Waals surface area (Å²) < 4.78 is 5.08. The minimum atomic E-state index is -1.06. The normalized spacial score (nSPS) is 14.9. The number of carbonyl (C=O) groups is 3. The topological polar surface area (TPSA) is 117 Å². The molecule has 0 radical (unpaired) electrons. The van der Waals surface area contributed by atoms with Crippen molar-refractivity contribution in [3.63, 3.8) is 0 Å². The first-order valence-electron chi connectivity index (χ1n) is 8.25. The van der Waals surface area contributed by atoms with Crippen molar-refractivity contribution in [1.29, 1.82) is 0 Å². The van der Waals surface area contributed by atoms with Gasteiger partial charge in [0.25, 0.3) is 5.91 Å². The Bertz CT molecular complexity index is 990. The molecule has 0 aliphatic carbocycles. The summed E-state index contributed by atoms with van der Waals surface area (Å²) in [4.78, 5) is 34.2. The number of benzene rings is 2. The minimum Gasteiger partial charge on any atom is -0.482 e. The van der Waals surface area contributed by atoms with E-state index in [0.29, 0.717) is 22.7 Å². The summed E-state index contributed by atoms with van der Waals surface area (Å²) in [5.74, 6) is -2.03. The van der Waals surface area contributed by atoms with E-state index in [0.717, 1.165) is 5.56 Å². The van der Waals surface area contributed by atoms with Crippen LogP contribution in [0.25, 0.3) is 6.08 Å². The number of carbonyl (C=O) groups excluding carboxylic acids is 1. The fourth-order valence-electron chi connectivity index (χ4n) is 2.58. The number of carboxylic acids is 2. The van der Waals surface area contributed by atoms with E-state index >= 15 is 0 Å². The van der Waals surface area contributed by atoms with E-state index < -0.39 is 18.5 Å². The van der Waals surface area contributed by atoms with Gasteiger partial charge in [-0.3, -0.25) is 4.79 Å². The average Bonchev–Trinajstić information content (AvgIpc) is 2.95. The highest BCUT2D eigenvalue weighted by molar-refractivity contribution is 6.32. The van der Waals surface area contributed by atoms with Crippen LogP contribution in [0, 0.1) is 0 Å². The van der Waals surface area contributed by atoms with Crippen molar-refractivity contribution in [1.82, 2.24) is 0 Å². The highest BCUT2D eigenvalue weighted by atomic mass is 16.5. The third-order valence-corrected chi connectivity index (χ3v) is 3.97. The summed E-state index contributed by atoms with van der Waals surface area (Å²) >= 11 is 0. The van der Waals surface area contributed by atoms with Gasteiger partial charge in [0.05, 0.1) is 22.5 Å². The van der Waals surface area contributed by atoms with E-state index in [1.807, 2.05) is 0 Å². The average molecular weight is 380 g/mol. The van der Waals surface area contributed by atoms with Crippen LogP contribution in [0.4, 0.5) is 5.69 Å². The predicted octanol–water partition coefficient (Wildman–Crippen LogP) is 2.65. The molecule has 1 aliphatic heterocycles. The molecule has 0 spiro atoms. The maximum absolute atomic E-state index is 12.7. The zero-order valence-electron chi connectivity index (χ0n) is 14.8. The number of carboxylic acid groups (broad SMARTS) is 2. The lowest BCUT2D eigenvalue weighted by atomic mass is 10.1. The second-order valence-corrected chi connectivity index (χ2v) is 5.96. The lowest BCUT2D eigenvalue weighted by molar-refractivity contribution is -0.139. The number of anilines is 1. The molecule has 3 rings (SSSR count). The monoisotopic (exact) mass is 380 g/mol. The van der Waals surface area contributed by atoms with Gasteiger partial charge in [0.15, 0.2) is 6.61 Å². The van der Waals surface area contributed by atoms with Crippen LogP contribution in [0.15, 0.2) is 59.2 Å². The fourth-order valence-corrected chi connectivity index (χ4v) is 2.58. The molecule has 1 amide bonds. The number of aromatic carboxylic acids is 1. The second-order valence-electron chi connectivity index (χ2n) is 5.96. The first-order valence-corrected chi connectivity index (χ1v) is 8.25. The molecule has 1 heterocycles. The van der Waals surface area contributed by atoms with Crippen molar-refractivity contribution >= 4 is 35.3 Å². The molecule has 2 aromatic carbocycles. The van der Waals surface area contributed by atoms with E-state index in [-0.39, 0.29) is 11.5 Å². The smallest absolute Gasteiger partial charge is 0.341 e. The molecule has 1 aliphatic rings. The molecule has 0 bridgehead atoms. The molecular weight excluding hydrogens is 364 g/mol. The van der Waals surface area contributed by atoms with Gasteiger partial charge in [-0.05, 0) is 55.0 Å². The number of ether oxygens (including phenoxy) is 1. The van der Waals surface area contributed by atoms with Gasteiger partial charge in [-0.1, -0.05) is 12.1 Å². The zero-order valence-corrected chi connectivity index (χ0v) is 14.8. The highest BCUT2D eigenvalue weighted by Gasteiger charge is 2.28. The molecule has 0 fully saturated rings. The Morgan fingerprint density at radius 2 is 1.71 bits per heavy atom. The Kier molecular flexibility index (Phi) is 5.21. The fraction of sp³-hybridized carbons (Fsp3) is 0.100. The van der Waals surface area contributed by atoms with Crippen LogP contribution in [0.5, 0.6) is 5.75 Å². The first kappa shape index (κ1) is 18.8. The second kappa shape index (κ2) is 7.75. The van der Waals surface area contributed by atoms with E-state index in [1.54, 1.807) is 37.3 Å². The maximum Gasteiger partial charge on any atom is 0.341 e. The summed E-state index contributed by atoms with van der Waals surface area (Å²) in [6, 6.07) is 12.5. The molecule has 142 valence electrons. The molecule has 0 atom stereocenters. The molecule has 0 saturated carbocycles. The number of aliphatic carboxylic acids is 1. The van der Waals surface area contributed by atoms with Crippen molar-refractivity contribution < 1.29 is 29.3 Å². The Labute approximate surface area is 160 Å². The van der Waals surface area contributed by atoms with Gasteiger partial charge in [0.1, 0.15) is 5.75 Å². The zero-order chi connectivity index (χ0) is 20.3. The summed E-state index contributed by atoms with van der Waals surface area (Å²) in [7, 11) is 0. The lowest BCUT2D eigenvalue weighted by Crippen LogP contribution is -2.21. The molecular formula is C20H16N2O6. The molecule has 0 saturated heterocycles. The molecule has 0 unspecified atom stereocenters. The van der Waals surface area contributed by atoms with Crippen LogP contribution in [0.1, 0.15) is 22.8 Å². The van der Waals surface area contributed by atoms with Crippen molar-refractivity contribution in [2.75, 3.05) is 11.6 Å². The van der Waals surface area contributed by atoms with Crippen LogP contribution in [-0.2, 0) is 9.59 Å². The molecule has 0 aromatic heterocycles. The van der Waals surface area contributed by atoms with Gasteiger partial charge >= 0.3 is 11.9 Å². The van der Waals surface area contributed by atoms with Gasteiger partial charge in [-0.25, -0.2) is 9.59 Å². The van der Waals surface area contributed by atoms with Crippen molar-refractivity contribution in [3.05, 3.63) is 65.2 Å². The number of amides is 1. The summed E-state index contributed by atoms with van der Waals surface area (Å²) in [5, 5.41) is 23.1. The molecule has 8 nitrogen and oxygen atoms in total. The van der Waals surface area contributed by atoms with Gasteiger partial charge in [-0.15, -0.1) is 0 Å². The molecule has 2 aromatic rings. The lowest BCUT2D eigenvalue weighted by Gasteiger charge is -2.11. The first-order chi connectivity index (χ1) is 13.3. The van der Waals surface area contributed by atoms with Gasteiger partial charge < -0.3 is 14.9 Å². The van der Waals surface area contributed by atoms with Crippen LogP contribution in [0.3, 0.4) is 0 Å². The van der Waals surface area contributed by atoms with E-state index in [2.05, 4.69) is 5.10 Å². The highest BCUT2D eigenvalue weighted by Crippen LogP contribution is 2.25. The number of hydrogen-bond acceptors (Lipinski definition) is 5. The summed E-state index contributed by atoms with van der Waals surface area (Å²) in [5.41, 5.74) is 2.25. The number of rotatable bonds is 6. The Balaban J connectivity index is 1.78. The van der Waals surface area contributed by atoms with E-state index in [9.17, 15) is 14.4 Å². The summed E-state index contributed by atoms with van der Waals surface area (Å²) in [6.45, 7) is 1.28. The number of hydrazone groups is 1. The van der Waals surface area contributed by atoms with Crippen LogP contribution in [0.2, 0.25) is 0 Å². The molecule has 8 heteroatoms. The van der Waals surface area contributed by atoms with Gasteiger partial charge in [0, 0.05) is 0 Å². The van der Waals surface area contributed by atoms with Crippen LogP contribution >= 0.6 is 0 Å². The van der Waals surface area contributed by atoms with Crippen LogP contribution in [-0.4, -0.2) is 40.4 Å². The third kappa shape index (κ3) is 4.07. The van der Waals surface area contributed by atoms with Crippen molar-refractivity contribution in [3.8, 4) is 5.75 Å². The largest absolute Gasteiger partial charge is 0.482 e. The van der Waals surface area contributed by atoms with E-state index in [1.165, 1.54) is 29.3 Å². The van der Waals surface area contributed by atoms with Crippen molar-refractivity contribution in [2.45, 2.75) is 6.92 Å².